The second-order valence-corrected chi connectivity index (χ2v) is 3.69. The lowest BCUT2D eigenvalue weighted by atomic mass is 10.2. The number of halogens is 2. The van der Waals surface area contributed by atoms with E-state index in [1.165, 1.54) is 0 Å². The van der Waals surface area contributed by atoms with Gasteiger partial charge in [-0.2, -0.15) is 0 Å². The fourth-order valence-electron chi connectivity index (χ4n) is 1.50. The molecule has 13 heavy (non-hydrogen) atoms. The molecule has 1 saturated heterocycles. The van der Waals surface area contributed by atoms with Gasteiger partial charge in [-0.3, -0.25) is 4.90 Å². The fourth-order valence-corrected chi connectivity index (χ4v) is 1.50. The zero-order chi connectivity index (χ0) is 9.84. The molecule has 1 atom stereocenters. The maximum atomic E-state index is 12.4. The van der Waals surface area contributed by atoms with Gasteiger partial charge in [-0.25, -0.2) is 8.78 Å². The van der Waals surface area contributed by atoms with Crippen molar-refractivity contribution in [3.63, 3.8) is 0 Å². The van der Waals surface area contributed by atoms with Gasteiger partial charge in [-0.1, -0.05) is 0 Å². The van der Waals surface area contributed by atoms with Gasteiger partial charge in [0.25, 0.3) is 6.43 Å². The molecule has 0 saturated carbocycles. The summed E-state index contributed by atoms with van der Waals surface area (Å²) in [7, 11) is 0. The van der Waals surface area contributed by atoms with E-state index in [2.05, 4.69) is 0 Å². The molecule has 1 aliphatic rings. The third-order valence-electron chi connectivity index (χ3n) is 2.35. The van der Waals surface area contributed by atoms with Gasteiger partial charge < -0.3 is 4.74 Å². The Morgan fingerprint density at radius 3 is 2.62 bits per heavy atom. The van der Waals surface area contributed by atoms with Crippen molar-refractivity contribution in [2.45, 2.75) is 38.8 Å². The topological polar surface area (TPSA) is 12.5 Å². The lowest BCUT2D eigenvalue weighted by Crippen LogP contribution is -2.39. The van der Waals surface area contributed by atoms with Crippen LogP contribution >= 0.6 is 0 Å². The van der Waals surface area contributed by atoms with Crippen LogP contribution in [0.1, 0.15) is 20.3 Å². The average Bonchev–Trinajstić information content (AvgIpc) is 2.28. The summed E-state index contributed by atoms with van der Waals surface area (Å²) in [5.41, 5.74) is 0. The molecular formula is C9H17F2NO. The van der Waals surface area contributed by atoms with Crippen LogP contribution in [0.15, 0.2) is 0 Å². The Bertz CT molecular complexity index is 137. The van der Waals surface area contributed by atoms with Crippen molar-refractivity contribution in [3.8, 4) is 0 Å². The number of alkyl halides is 2. The first-order valence-electron chi connectivity index (χ1n) is 4.75. The normalized spacial score (nSPS) is 26.8. The summed E-state index contributed by atoms with van der Waals surface area (Å²) >= 11 is 0. The van der Waals surface area contributed by atoms with E-state index in [0.717, 1.165) is 13.0 Å². The maximum Gasteiger partial charge on any atom is 0.265 e. The van der Waals surface area contributed by atoms with E-state index in [1.54, 1.807) is 0 Å². The summed E-state index contributed by atoms with van der Waals surface area (Å²) in [5, 5.41) is 0. The Balaban J connectivity index is 2.49. The summed E-state index contributed by atoms with van der Waals surface area (Å²) < 4.78 is 29.8. The average molecular weight is 193 g/mol. The molecule has 1 aliphatic heterocycles. The smallest absolute Gasteiger partial charge is 0.265 e. The highest BCUT2D eigenvalue weighted by molar-refractivity contribution is 4.73. The van der Waals surface area contributed by atoms with E-state index >= 15 is 0 Å². The number of hydrogen-bond donors (Lipinski definition) is 0. The summed E-state index contributed by atoms with van der Waals surface area (Å²) in [4.78, 5) is 2.05. The van der Waals surface area contributed by atoms with Crippen molar-refractivity contribution in [1.82, 2.24) is 4.90 Å². The molecule has 2 nitrogen and oxygen atoms in total. The maximum absolute atomic E-state index is 12.4. The zero-order valence-corrected chi connectivity index (χ0v) is 8.17. The molecule has 1 rings (SSSR count). The highest BCUT2D eigenvalue weighted by Gasteiger charge is 2.27. The number of ether oxygens (including phenoxy) is 1. The van der Waals surface area contributed by atoms with Crippen molar-refractivity contribution in [2.24, 2.45) is 0 Å². The van der Waals surface area contributed by atoms with Gasteiger partial charge in [0.05, 0.1) is 0 Å². The van der Waals surface area contributed by atoms with Gasteiger partial charge in [0, 0.05) is 25.7 Å². The second-order valence-electron chi connectivity index (χ2n) is 3.69. The van der Waals surface area contributed by atoms with Crippen LogP contribution in [0.5, 0.6) is 0 Å². The minimum Gasteiger partial charge on any atom is -0.371 e. The monoisotopic (exact) mass is 193 g/mol. The van der Waals surface area contributed by atoms with E-state index in [1.807, 2.05) is 18.7 Å². The van der Waals surface area contributed by atoms with Gasteiger partial charge in [0.2, 0.25) is 0 Å². The molecule has 0 bridgehead atoms. The Morgan fingerprint density at radius 2 is 2.08 bits per heavy atom. The van der Waals surface area contributed by atoms with Gasteiger partial charge in [-0.15, -0.1) is 0 Å². The predicted octanol–water partition coefficient (Wildman–Crippen LogP) is 1.75. The molecule has 0 aromatic rings. The van der Waals surface area contributed by atoms with Crippen molar-refractivity contribution in [1.29, 1.82) is 0 Å². The molecule has 0 radical (unpaired) electrons. The van der Waals surface area contributed by atoms with Crippen molar-refractivity contribution < 1.29 is 13.5 Å². The summed E-state index contributed by atoms with van der Waals surface area (Å²) in [6, 6.07) is 0.322. The third kappa shape index (κ3) is 3.19. The van der Waals surface area contributed by atoms with Gasteiger partial charge in [0.15, 0.2) is 0 Å². The third-order valence-corrected chi connectivity index (χ3v) is 2.35. The lowest BCUT2D eigenvalue weighted by Gasteiger charge is -2.26. The second kappa shape index (κ2) is 4.86. The molecule has 0 spiro atoms. The molecule has 0 amide bonds. The van der Waals surface area contributed by atoms with Crippen LogP contribution < -0.4 is 0 Å². The predicted molar refractivity (Wildman–Crippen MR) is 47.1 cm³/mol. The van der Waals surface area contributed by atoms with Crippen LogP contribution in [-0.2, 0) is 4.74 Å². The summed E-state index contributed by atoms with van der Waals surface area (Å²) in [5.74, 6) is 0. The summed E-state index contributed by atoms with van der Waals surface area (Å²) in [6.07, 6.45) is -2.41. The van der Waals surface area contributed by atoms with E-state index in [4.69, 9.17) is 4.74 Å². The molecule has 0 aromatic carbocycles. The standard InChI is InChI=1S/C9H17F2NO/c1-7(2)12-4-3-5-13-8(6-12)9(10)11/h7-9H,3-6H2,1-2H3/t8-/m0/s1. The molecule has 0 aromatic heterocycles. The van der Waals surface area contributed by atoms with Gasteiger partial charge >= 0.3 is 0 Å². The minimum atomic E-state index is -2.36. The van der Waals surface area contributed by atoms with Gasteiger partial charge in [-0.05, 0) is 20.3 Å². The Morgan fingerprint density at radius 1 is 1.38 bits per heavy atom. The first-order valence-corrected chi connectivity index (χ1v) is 4.75. The summed E-state index contributed by atoms with van der Waals surface area (Å²) in [6.45, 7) is 5.72. The van der Waals surface area contributed by atoms with Crippen molar-refractivity contribution in [2.75, 3.05) is 19.7 Å². The van der Waals surface area contributed by atoms with E-state index < -0.39 is 12.5 Å². The molecular weight excluding hydrogens is 176 g/mol. The largest absolute Gasteiger partial charge is 0.371 e. The number of rotatable bonds is 2. The van der Waals surface area contributed by atoms with Crippen molar-refractivity contribution in [3.05, 3.63) is 0 Å². The molecule has 4 heteroatoms. The van der Waals surface area contributed by atoms with Crippen LogP contribution in [0.2, 0.25) is 0 Å². The van der Waals surface area contributed by atoms with Crippen molar-refractivity contribution >= 4 is 0 Å². The van der Waals surface area contributed by atoms with Crippen LogP contribution in [-0.4, -0.2) is 43.2 Å². The van der Waals surface area contributed by atoms with Crippen LogP contribution in [0.4, 0.5) is 8.78 Å². The molecule has 0 aliphatic carbocycles. The fraction of sp³-hybridized carbons (Fsp3) is 1.00. The highest BCUT2D eigenvalue weighted by Crippen LogP contribution is 2.14. The van der Waals surface area contributed by atoms with Crippen LogP contribution in [0.3, 0.4) is 0 Å². The molecule has 78 valence electrons. The Labute approximate surface area is 77.9 Å². The molecule has 1 heterocycles. The zero-order valence-electron chi connectivity index (χ0n) is 8.17. The minimum absolute atomic E-state index is 0.322. The van der Waals surface area contributed by atoms with E-state index in [-0.39, 0.29) is 0 Å². The molecule has 0 unspecified atom stereocenters. The Kier molecular flexibility index (Phi) is 4.06. The molecule has 1 fully saturated rings. The lowest BCUT2D eigenvalue weighted by molar-refractivity contribution is -0.0571. The number of hydrogen-bond acceptors (Lipinski definition) is 2. The number of nitrogens with zero attached hydrogens (tertiary/aromatic N) is 1. The van der Waals surface area contributed by atoms with Gasteiger partial charge in [0.1, 0.15) is 6.10 Å². The van der Waals surface area contributed by atoms with E-state index in [9.17, 15) is 8.78 Å². The SMILES string of the molecule is CC(C)N1CCCO[C@H](C(F)F)C1. The first kappa shape index (κ1) is 10.9. The van der Waals surface area contributed by atoms with Crippen LogP contribution in [0, 0.1) is 0 Å². The quantitative estimate of drug-likeness (QED) is 0.662. The Hall–Kier alpha value is -0.220. The van der Waals surface area contributed by atoms with E-state index in [0.29, 0.717) is 19.2 Å². The van der Waals surface area contributed by atoms with Crippen LogP contribution in [0.25, 0.3) is 0 Å². The first-order chi connectivity index (χ1) is 6.11. The highest BCUT2D eigenvalue weighted by atomic mass is 19.3. The molecule has 0 N–H and O–H groups in total.